The van der Waals surface area contributed by atoms with E-state index >= 15 is 0 Å². The number of carbonyl (C=O) groups is 1. The summed E-state index contributed by atoms with van der Waals surface area (Å²) in [6.07, 6.45) is 1.55. The van der Waals surface area contributed by atoms with Crippen LogP contribution in [-0.4, -0.2) is 17.0 Å². The Labute approximate surface area is 145 Å². The Hall–Kier alpha value is -2.95. The molecule has 1 atom stereocenters. The molecule has 3 aromatic rings. The molecule has 0 radical (unpaired) electrons. The summed E-state index contributed by atoms with van der Waals surface area (Å²) in [7, 11) is 0. The number of hydrogen-bond acceptors (Lipinski definition) is 3. The average Bonchev–Trinajstić information content (AvgIpc) is 2.63. The van der Waals surface area contributed by atoms with Gasteiger partial charge in [-0.25, -0.2) is 4.39 Å². The number of carbonyl (C=O) groups excluding carboxylic acids is 1. The summed E-state index contributed by atoms with van der Waals surface area (Å²) in [6.45, 7) is 3.84. The molecule has 1 N–H and O–H groups in total. The van der Waals surface area contributed by atoms with E-state index in [2.05, 4.69) is 10.3 Å². The largest absolute Gasteiger partial charge is 0.481 e. The molecule has 0 spiro atoms. The van der Waals surface area contributed by atoms with E-state index in [1.165, 1.54) is 24.3 Å². The van der Waals surface area contributed by atoms with Gasteiger partial charge in [0.15, 0.2) is 6.10 Å². The predicted octanol–water partition coefficient (Wildman–Crippen LogP) is 4.48. The Morgan fingerprint density at radius 2 is 1.96 bits per heavy atom. The minimum Gasteiger partial charge on any atom is -0.481 e. The summed E-state index contributed by atoms with van der Waals surface area (Å²) in [5.74, 6) is -0.136. The highest BCUT2D eigenvalue weighted by atomic mass is 19.1. The molecule has 1 heterocycles. The summed E-state index contributed by atoms with van der Waals surface area (Å²) in [6, 6.07) is 13.2. The molecule has 1 aromatic heterocycles. The maximum Gasteiger partial charge on any atom is 0.265 e. The summed E-state index contributed by atoms with van der Waals surface area (Å²) >= 11 is 0. The van der Waals surface area contributed by atoms with Crippen LogP contribution in [0.5, 0.6) is 5.75 Å². The number of pyridine rings is 1. The van der Waals surface area contributed by atoms with Gasteiger partial charge in [0, 0.05) is 11.6 Å². The zero-order chi connectivity index (χ0) is 17.8. The monoisotopic (exact) mass is 338 g/mol. The molecular weight excluding hydrogens is 319 g/mol. The first-order chi connectivity index (χ1) is 12.1. The molecule has 4 nitrogen and oxygen atoms in total. The van der Waals surface area contributed by atoms with E-state index in [1.807, 2.05) is 38.1 Å². The minimum atomic E-state index is -0.668. The van der Waals surface area contributed by atoms with Gasteiger partial charge >= 0.3 is 0 Å². The predicted molar refractivity (Wildman–Crippen MR) is 96.2 cm³/mol. The number of halogens is 1. The number of nitrogens with zero attached hydrogens (tertiary/aromatic N) is 1. The van der Waals surface area contributed by atoms with Crippen LogP contribution >= 0.6 is 0 Å². The lowest BCUT2D eigenvalue weighted by Gasteiger charge is -2.18. The van der Waals surface area contributed by atoms with Crippen LogP contribution < -0.4 is 10.1 Å². The fourth-order valence-corrected chi connectivity index (χ4v) is 2.64. The van der Waals surface area contributed by atoms with Crippen molar-refractivity contribution in [1.82, 2.24) is 4.98 Å². The van der Waals surface area contributed by atoms with E-state index in [0.717, 1.165) is 16.5 Å². The van der Waals surface area contributed by atoms with Crippen LogP contribution in [0, 0.1) is 12.7 Å². The van der Waals surface area contributed by atoms with Gasteiger partial charge in [-0.1, -0.05) is 13.0 Å². The maximum atomic E-state index is 13.0. The Bertz CT molecular complexity index is 894. The molecule has 0 saturated heterocycles. The van der Waals surface area contributed by atoms with Crippen LogP contribution in [0.25, 0.3) is 10.9 Å². The molecule has 0 aliphatic carbocycles. The van der Waals surface area contributed by atoms with Gasteiger partial charge in [0.2, 0.25) is 0 Å². The van der Waals surface area contributed by atoms with E-state index in [-0.39, 0.29) is 11.7 Å². The number of hydrogen-bond donors (Lipinski definition) is 1. The van der Waals surface area contributed by atoms with Crippen LogP contribution in [-0.2, 0) is 4.79 Å². The molecule has 0 aliphatic heterocycles. The lowest BCUT2D eigenvalue weighted by Crippen LogP contribution is -2.32. The number of fused-ring (bicyclic) bond motifs is 1. The molecule has 0 bridgehead atoms. The van der Waals surface area contributed by atoms with Gasteiger partial charge in [-0.15, -0.1) is 0 Å². The van der Waals surface area contributed by atoms with E-state index in [4.69, 9.17) is 4.74 Å². The number of ether oxygens (including phenoxy) is 1. The Morgan fingerprint density at radius 1 is 1.20 bits per heavy atom. The number of nitrogens with one attached hydrogen (secondary N) is 1. The smallest absolute Gasteiger partial charge is 0.265 e. The second kappa shape index (κ2) is 7.30. The molecule has 0 saturated carbocycles. The molecule has 3 rings (SSSR count). The number of anilines is 1. The lowest BCUT2D eigenvalue weighted by atomic mass is 10.1. The molecular formula is C20H19FN2O2. The first-order valence-electron chi connectivity index (χ1n) is 8.16. The summed E-state index contributed by atoms with van der Waals surface area (Å²) in [5.41, 5.74) is 2.59. The van der Waals surface area contributed by atoms with Gasteiger partial charge in [-0.05, 0) is 61.4 Å². The molecule has 1 amide bonds. The molecule has 2 aromatic carbocycles. The average molecular weight is 338 g/mol. The summed E-state index contributed by atoms with van der Waals surface area (Å²) < 4.78 is 18.7. The fraction of sp³-hybridized carbons (Fsp3) is 0.200. The quantitative estimate of drug-likeness (QED) is 0.746. The van der Waals surface area contributed by atoms with Gasteiger partial charge in [0.05, 0.1) is 11.2 Å². The SMILES string of the molecule is CCC(Oc1ccc(F)cc1)C(=O)Nc1ccc(C)c2ncccc12. The van der Waals surface area contributed by atoms with Crippen LogP contribution in [0.4, 0.5) is 10.1 Å². The minimum absolute atomic E-state index is 0.249. The molecule has 0 fully saturated rings. The molecule has 128 valence electrons. The van der Waals surface area contributed by atoms with Gasteiger partial charge in [0.1, 0.15) is 11.6 Å². The second-order valence-electron chi connectivity index (χ2n) is 5.79. The highest BCUT2D eigenvalue weighted by molar-refractivity contribution is 6.03. The van der Waals surface area contributed by atoms with Crippen molar-refractivity contribution < 1.29 is 13.9 Å². The Balaban J connectivity index is 1.80. The zero-order valence-electron chi connectivity index (χ0n) is 14.1. The van der Waals surface area contributed by atoms with Crippen molar-refractivity contribution in [2.45, 2.75) is 26.4 Å². The zero-order valence-corrected chi connectivity index (χ0v) is 14.1. The summed E-state index contributed by atoms with van der Waals surface area (Å²) in [5, 5.41) is 3.80. The van der Waals surface area contributed by atoms with Crippen LogP contribution in [0.15, 0.2) is 54.7 Å². The molecule has 1 unspecified atom stereocenters. The van der Waals surface area contributed by atoms with Crippen molar-refractivity contribution in [1.29, 1.82) is 0 Å². The number of aryl methyl sites for hydroxylation is 1. The van der Waals surface area contributed by atoms with Crippen molar-refractivity contribution in [3.63, 3.8) is 0 Å². The van der Waals surface area contributed by atoms with Crippen molar-refractivity contribution in [2.75, 3.05) is 5.32 Å². The standard InChI is InChI=1S/C20H19FN2O2/c1-3-18(25-15-9-7-14(21)8-10-15)20(24)23-17-11-6-13(2)19-16(17)5-4-12-22-19/h4-12,18H,3H2,1-2H3,(H,23,24). The molecule has 5 heteroatoms. The van der Waals surface area contributed by atoms with Crippen molar-refractivity contribution in [3.05, 3.63) is 66.1 Å². The summed E-state index contributed by atoms with van der Waals surface area (Å²) in [4.78, 5) is 17.0. The third kappa shape index (κ3) is 3.76. The van der Waals surface area contributed by atoms with Crippen molar-refractivity contribution >= 4 is 22.5 Å². The van der Waals surface area contributed by atoms with E-state index in [0.29, 0.717) is 17.9 Å². The lowest BCUT2D eigenvalue weighted by molar-refractivity contribution is -0.122. The number of aromatic nitrogens is 1. The fourth-order valence-electron chi connectivity index (χ4n) is 2.64. The first kappa shape index (κ1) is 16.9. The number of rotatable bonds is 5. The topological polar surface area (TPSA) is 51.2 Å². The third-order valence-electron chi connectivity index (χ3n) is 3.98. The Morgan fingerprint density at radius 3 is 2.68 bits per heavy atom. The second-order valence-corrected chi connectivity index (χ2v) is 5.79. The molecule has 0 aliphatic rings. The maximum absolute atomic E-state index is 13.0. The van der Waals surface area contributed by atoms with Gasteiger partial charge in [-0.3, -0.25) is 9.78 Å². The van der Waals surface area contributed by atoms with E-state index < -0.39 is 6.10 Å². The van der Waals surface area contributed by atoms with Gasteiger partial charge < -0.3 is 10.1 Å². The van der Waals surface area contributed by atoms with Crippen molar-refractivity contribution in [2.24, 2.45) is 0 Å². The van der Waals surface area contributed by atoms with Gasteiger partial charge in [-0.2, -0.15) is 0 Å². The highest BCUT2D eigenvalue weighted by Crippen LogP contribution is 2.25. The number of amides is 1. The first-order valence-corrected chi connectivity index (χ1v) is 8.16. The third-order valence-corrected chi connectivity index (χ3v) is 3.98. The van der Waals surface area contributed by atoms with Gasteiger partial charge in [0.25, 0.3) is 5.91 Å². The normalized spacial score (nSPS) is 12.0. The van der Waals surface area contributed by atoms with E-state index in [1.54, 1.807) is 6.20 Å². The van der Waals surface area contributed by atoms with Crippen molar-refractivity contribution in [3.8, 4) is 5.75 Å². The highest BCUT2D eigenvalue weighted by Gasteiger charge is 2.19. The van der Waals surface area contributed by atoms with Crippen LogP contribution in [0.2, 0.25) is 0 Å². The number of benzene rings is 2. The van der Waals surface area contributed by atoms with Crippen LogP contribution in [0.3, 0.4) is 0 Å². The Kier molecular flexibility index (Phi) is 4.93. The van der Waals surface area contributed by atoms with E-state index in [9.17, 15) is 9.18 Å². The van der Waals surface area contributed by atoms with Crippen LogP contribution in [0.1, 0.15) is 18.9 Å². The molecule has 25 heavy (non-hydrogen) atoms.